The van der Waals surface area contributed by atoms with Gasteiger partial charge in [-0.15, -0.1) is 0 Å². The molecule has 0 saturated carbocycles. The monoisotopic (exact) mass is 274 g/mol. The highest BCUT2D eigenvalue weighted by atomic mass is 32.2. The topological polar surface area (TPSA) is 50.7 Å². The van der Waals surface area contributed by atoms with Gasteiger partial charge < -0.3 is 5.32 Å². The van der Waals surface area contributed by atoms with E-state index in [1.54, 1.807) is 6.20 Å². The zero-order chi connectivity index (χ0) is 13.7. The van der Waals surface area contributed by atoms with Crippen LogP contribution in [-0.2, 0) is 6.54 Å². The van der Waals surface area contributed by atoms with E-state index in [0.29, 0.717) is 0 Å². The average molecular weight is 274 g/mol. The summed E-state index contributed by atoms with van der Waals surface area (Å²) in [6, 6.07) is 5.80. The maximum Gasteiger partial charge on any atom is 0.193 e. The second-order valence-electron chi connectivity index (χ2n) is 5.25. The Bertz CT molecular complexity index is 505. The molecule has 0 atom stereocenters. The molecule has 0 aliphatic carbocycles. The van der Waals surface area contributed by atoms with Gasteiger partial charge in [0.2, 0.25) is 0 Å². The van der Waals surface area contributed by atoms with Crippen LogP contribution in [0, 0.1) is 0 Å². The normalized spacial score (nSPS) is 11.5. The van der Waals surface area contributed by atoms with Crippen molar-refractivity contribution < 1.29 is 0 Å². The molecule has 2 aromatic heterocycles. The summed E-state index contributed by atoms with van der Waals surface area (Å²) >= 11 is 1.47. The number of pyridine rings is 1. The maximum absolute atomic E-state index is 4.35. The van der Waals surface area contributed by atoms with E-state index in [-0.39, 0.29) is 5.54 Å². The van der Waals surface area contributed by atoms with Gasteiger partial charge >= 0.3 is 0 Å². The predicted molar refractivity (Wildman–Crippen MR) is 77.0 cm³/mol. The van der Waals surface area contributed by atoms with Crippen LogP contribution in [0.4, 0.5) is 0 Å². The summed E-state index contributed by atoms with van der Waals surface area (Å²) < 4.78 is 0. The summed E-state index contributed by atoms with van der Waals surface area (Å²) in [6.45, 7) is 7.19. The Kier molecular flexibility index (Phi) is 4.50. The third-order valence-corrected chi connectivity index (χ3v) is 3.18. The molecule has 0 unspecified atom stereocenters. The van der Waals surface area contributed by atoms with Gasteiger partial charge in [-0.1, -0.05) is 6.07 Å². The van der Waals surface area contributed by atoms with Crippen LogP contribution < -0.4 is 5.32 Å². The Morgan fingerprint density at radius 2 is 1.84 bits per heavy atom. The number of nitrogens with zero attached hydrogens (tertiary/aromatic N) is 3. The fraction of sp³-hybridized carbons (Fsp3) is 0.357. The highest BCUT2D eigenvalue weighted by Gasteiger charge is 2.09. The van der Waals surface area contributed by atoms with Crippen LogP contribution in [0.25, 0.3) is 0 Å². The summed E-state index contributed by atoms with van der Waals surface area (Å²) in [5.41, 5.74) is 1.18. The minimum absolute atomic E-state index is 0.0986. The molecule has 19 heavy (non-hydrogen) atoms. The molecular formula is C14H18N4S. The number of aromatic nitrogens is 3. The average Bonchev–Trinajstić information content (AvgIpc) is 2.38. The van der Waals surface area contributed by atoms with Crippen LogP contribution in [0.15, 0.2) is 47.0 Å². The van der Waals surface area contributed by atoms with Gasteiger partial charge in [0.05, 0.1) is 0 Å². The maximum atomic E-state index is 4.35. The summed E-state index contributed by atoms with van der Waals surface area (Å²) in [5, 5.41) is 5.03. The Morgan fingerprint density at radius 3 is 2.42 bits per heavy atom. The quantitative estimate of drug-likeness (QED) is 0.869. The third-order valence-electron chi connectivity index (χ3n) is 2.34. The largest absolute Gasteiger partial charge is 0.308 e. The standard InChI is InChI=1S/C14H18N4S/c1-14(2,3)18-10-11-8-16-13(17-9-11)19-12-6-4-5-7-15-12/h4-9,18H,10H2,1-3H3. The van der Waals surface area contributed by atoms with Crippen LogP contribution in [0.5, 0.6) is 0 Å². The molecule has 2 rings (SSSR count). The van der Waals surface area contributed by atoms with Gasteiger partial charge in [0.1, 0.15) is 5.03 Å². The van der Waals surface area contributed by atoms with E-state index in [4.69, 9.17) is 0 Å². The molecule has 1 N–H and O–H groups in total. The predicted octanol–water partition coefficient (Wildman–Crippen LogP) is 2.91. The molecule has 0 aliphatic heterocycles. The van der Waals surface area contributed by atoms with E-state index in [1.165, 1.54) is 11.8 Å². The lowest BCUT2D eigenvalue weighted by Crippen LogP contribution is -2.35. The fourth-order valence-corrected chi connectivity index (χ4v) is 2.01. The van der Waals surface area contributed by atoms with Crippen molar-refractivity contribution in [3.63, 3.8) is 0 Å². The molecular weight excluding hydrogens is 256 g/mol. The zero-order valence-electron chi connectivity index (χ0n) is 11.4. The van der Waals surface area contributed by atoms with Gasteiger partial charge in [-0.05, 0) is 44.7 Å². The molecule has 0 radical (unpaired) electrons. The van der Waals surface area contributed by atoms with Gasteiger partial charge in [0, 0.05) is 36.2 Å². The summed E-state index contributed by atoms with van der Waals surface area (Å²) in [7, 11) is 0. The molecule has 4 nitrogen and oxygen atoms in total. The van der Waals surface area contributed by atoms with E-state index in [0.717, 1.165) is 22.3 Å². The SMILES string of the molecule is CC(C)(C)NCc1cnc(Sc2ccccn2)nc1. The number of nitrogens with one attached hydrogen (secondary N) is 1. The zero-order valence-corrected chi connectivity index (χ0v) is 12.2. The first kappa shape index (κ1) is 14.0. The fourth-order valence-electron chi connectivity index (χ4n) is 1.36. The van der Waals surface area contributed by atoms with Crippen molar-refractivity contribution in [1.29, 1.82) is 0 Å². The van der Waals surface area contributed by atoms with Crippen LogP contribution >= 0.6 is 11.8 Å². The second kappa shape index (κ2) is 6.12. The molecule has 0 bridgehead atoms. The summed E-state index contributed by atoms with van der Waals surface area (Å²) in [4.78, 5) is 12.9. The second-order valence-corrected chi connectivity index (χ2v) is 6.24. The molecule has 2 heterocycles. The Balaban J connectivity index is 1.95. The molecule has 100 valence electrons. The lowest BCUT2D eigenvalue weighted by atomic mass is 10.1. The van der Waals surface area contributed by atoms with Gasteiger partial charge in [-0.3, -0.25) is 0 Å². The Morgan fingerprint density at radius 1 is 1.11 bits per heavy atom. The molecule has 5 heteroatoms. The number of hydrogen-bond acceptors (Lipinski definition) is 5. The van der Waals surface area contributed by atoms with Crippen LogP contribution in [0.2, 0.25) is 0 Å². The van der Waals surface area contributed by atoms with Crippen LogP contribution in [0.3, 0.4) is 0 Å². The third kappa shape index (κ3) is 4.96. The first-order valence-electron chi connectivity index (χ1n) is 6.18. The van der Waals surface area contributed by atoms with Crippen molar-refractivity contribution in [3.05, 3.63) is 42.4 Å². The van der Waals surface area contributed by atoms with Crippen LogP contribution in [0.1, 0.15) is 26.3 Å². The molecule has 0 aliphatic rings. The summed E-state index contributed by atoms with van der Waals surface area (Å²) in [5.74, 6) is 0. The van der Waals surface area contributed by atoms with Crippen molar-refractivity contribution >= 4 is 11.8 Å². The first-order valence-corrected chi connectivity index (χ1v) is 6.99. The van der Waals surface area contributed by atoms with E-state index in [9.17, 15) is 0 Å². The van der Waals surface area contributed by atoms with Crippen LogP contribution in [-0.4, -0.2) is 20.5 Å². The van der Waals surface area contributed by atoms with Crippen molar-refractivity contribution in [2.45, 2.75) is 43.0 Å². The lowest BCUT2D eigenvalue weighted by molar-refractivity contribution is 0.423. The highest BCUT2D eigenvalue weighted by Crippen LogP contribution is 2.21. The molecule has 0 fully saturated rings. The smallest absolute Gasteiger partial charge is 0.193 e. The van der Waals surface area contributed by atoms with E-state index in [2.05, 4.69) is 41.0 Å². The van der Waals surface area contributed by atoms with E-state index >= 15 is 0 Å². The van der Waals surface area contributed by atoms with E-state index < -0.39 is 0 Å². The summed E-state index contributed by atoms with van der Waals surface area (Å²) in [6.07, 6.45) is 5.48. The first-order chi connectivity index (χ1) is 9.03. The van der Waals surface area contributed by atoms with Crippen molar-refractivity contribution in [1.82, 2.24) is 20.3 Å². The molecule has 2 aromatic rings. The van der Waals surface area contributed by atoms with E-state index in [1.807, 2.05) is 30.6 Å². The minimum atomic E-state index is 0.0986. The van der Waals surface area contributed by atoms with Gasteiger partial charge in [-0.25, -0.2) is 15.0 Å². The highest BCUT2D eigenvalue weighted by molar-refractivity contribution is 7.99. The van der Waals surface area contributed by atoms with Gasteiger partial charge in [0.25, 0.3) is 0 Å². The van der Waals surface area contributed by atoms with Gasteiger partial charge in [0.15, 0.2) is 5.16 Å². The molecule has 0 aromatic carbocycles. The van der Waals surface area contributed by atoms with Crippen molar-refractivity contribution in [3.8, 4) is 0 Å². The Hall–Kier alpha value is -1.46. The molecule has 0 saturated heterocycles. The minimum Gasteiger partial charge on any atom is -0.308 e. The lowest BCUT2D eigenvalue weighted by Gasteiger charge is -2.20. The van der Waals surface area contributed by atoms with Crippen molar-refractivity contribution in [2.75, 3.05) is 0 Å². The van der Waals surface area contributed by atoms with Gasteiger partial charge in [-0.2, -0.15) is 0 Å². The number of hydrogen-bond donors (Lipinski definition) is 1. The molecule has 0 amide bonds. The molecule has 0 spiro atoms. The number of rotatable bonds is 4. The van der Waals surface area contributed by atoms with Crippen molar-refractivity contribution in [2.24, 2.45) is 0 Å². The Labute approximate surface area is 118 Å².